The lowest BCUT2D eigenvalue weighted by Gasteiger charge is -2.17. The Hall–Kier alpha value is -1.43. The number of ether oxygens (including phenoxy) is 1. The molecular weight excluding hydrogens is 294 g/mol. The molecular formula is C13H14BrN3O. The highest BCUT2D eigenvalue weighted by molar-refractivity contribution is 9.10. The van der Waals surface area contributed by atoms with Crippen molar-refractivity contribution in [2.24, 2.45) is 5.84 Å². The molecule has 0 aliphatic carbocycles. The van der Waals surface area contributed by atoms with E-state index in [2.05, 4.69) is 26.3 Å². The standard InChI is InChI=1S/C13H14BrN3O/c1-18-12-5-4-9(7-11(12)14)13(17-15)10-3-2-6-16-8-10/h2-8,13,17H,15H2,1H3. The first-order valence-corrected chi connectivity index (χ1v) is 6.25. The van der Waals surface area contributed by atoms with Crippen molar-refractivity contribution in [3.05, 3.63) is 58.3 Å². The van der Waals surface area contributed by atoms with Gasteiger partial charge < -0.3 is 4.74 Å². The topological polar surface area (TPSA) is 60.2 Å². The van der Waals surface area contributed by atoms with Crippen LogP contribution in [0.1, 0.15) is 17.2 Å². The van der Waals surface area contributed by atoms with E-state index in [9.17, 15) is 0 Å². The summed E-state index contributed by atoms with van der Waals surface area (Å²) in [4.78, 5) is 4.10. The van der Waals surface area contributed by atoms with Gasteiger partial charge in [0, 0.05) is 12.4 Å². The number of aromatic nitrogens is 1. The van der Waals surface area contributed by atoms with Crippen molar-refractivity contribution in [3.8, 4) is 5.75 Å². The summed E-state index contributed by atoms with van der Waals surface area (Å²) < 4.78 is 6.10. The Labute approximate surface area is 114 Å². The van der Waals surface area contributed by atoms with Crippen molar-refractivity contribution < 1.29 is 4.74 Å². The highest BCUT2D eigenvalue weighted by Crippen LogP contribution is 2.29. The number of methoxy groups -OCH3 is 1. The Morgan fingerprint density at radius 1 is 1.33 bits per heavy atom. The summed E-state index contributed by atoms with van der Waals surface area (Å²) in [6, 6.07) is 9.63. The number of halogens is 1. The molecule has 3 N–H and O–H groups in total. The lowest BCUT2D eigenvalue weighted by molar-refractivity contribution is 0.411. The summed E-state index contributed by atoms with van der Waals surface area (Å²) in [6.45, 7) is 0. The molecule has 1 unspecified atom stereocenters. The molecule has 0 radical (unpaired) electrons. The normalized spacial score (nSPS) is 12.2. The van der Waals surface area contributed by atoms with Crippen molar-refractivity contribution in [2.75, 3.05) is 7.11 Å². The van der Waals surface area contributed by atoms with Crippen LogP contribution in [-0.4, -0.2) is 12.1 Å². The molecule has 0 spiro atoms. The largest absolute Gasteiger partial charge is 0.496 e. The monoisotopic (exact) mass is 307 g/mol. The number of hydrogen-bond donors (Lipinski definition) is 2. The Morgan fingerprint density at radius 2 is 2.17 bits per heavy atom. The quantitative estimate of drug-likeness (QED) is 0.672. The first kappa shape index (κ1) is 13.0. The number of nitrogens with two attached hydrogens (primary N) is 1. The molecule has 1 aromatic carbocycles. The van der Waals surface area contributed by atoms with Crippen molar-refractivity contribution in [1.82, 2.24) is 10.4 Å². The summed E-state index contributed by atoms with van der Waals surface area (Å²) in [6.07, 6.45) is 3.53. The molecule has 0 saturated heterocycles. The third-order valence-corrected chi connectivity index (χ3v) is 3.31. The van der Waals surface area contributed by atoms with Gasteiger partial charge in [-0.3, -0.25) is 10.8 Å². The number of nitrogens with zero attached hydrogens (tertiary/aromatic N) is 1. The Morgan fingerprint density at radius 3 is 2.72 bits per heavy atom. The molecule has 94 valence electrons. The minimum atomic E-state index is -0.0964. The molecule has 0 aliphatic heterocycles. The maximum atomic E-state index is 5.63. The van der Waals surface area contributed by atoms with E-state index in [0.717, 1.165) is 21.3 Å². The van der Waals surface area contributed by atoms with Gasteiger partial charge in [0.25, 0.3) is 0 Å². The van der Waals surface area contributed by atoms with Crippen molar-refractivity contribution in [1.29, 1.82) is 0 Å². The fraction of sp³-hybridized carbons (Fsp3) is 0.154. The summed E-state index contributed by atoms with van der Waals surface area (Å²) in [7, 11) is 1.64. The SMILES string of the molecule is COc1ccc(C(NN)c2cccnc2)cc1Br. The summed E-state index contributed by atoms with van der Waals surface area (Å²) in [5.74, 6) is 6.43. The van der Waals surface area contributed by atoms with Crippen molar-refractivity contribution >= 4 is 15.9 Å². The number of hydrogen-bond acceptors (Lipinski definition) is 4. The van der Waals surface area contributed by atoms with Crippen LogP contribution in [0.2, 0.25) is 0 Å². The van der Waals surface area contributed by atoms with Gasteiger partial charge in [-0.1, -0.05) is 12.1 Å². The molecule has 0 bridgehead atoms. The Bertz CT molecular complexity index is 519. The smallest absolute Gasteiger partial charge is 0.133 e. The second-order valence-electron chi connectivity index (χ2n) is 3.78. The van der Waals surface area contributed by atoms with Crippen LogP contribution in [-0.2, 0) is 0 Å². The van der Waals surface area contributed by atoms with Gasteiger partial charge in [-0.05, 0) is 45.3 Å². The summed E-state index contributed by atoms with van der Waals surface area (Å²) >= 11 is 3.47. The van der Waals surface area contributed by atoms with Gasteiger partial charge in [0.15, 0.2) is 0 Å². The first-order chi connectivity index (χ1) is 8.76. The predicted molar refractivity (Wildman–Crippen MR) is 74.1 cm³/mol. The van der Waals surface area contributed by atoms with Gasteiger partial charge >= 0.3 is 0 Å². The first-order valence-electron chi connectivity index (χ1n) is 5.45. The maximum Gasteiger partial charge on any atom is 0.133 e. The minimum Gasteiger partial charge on any atom is -0.496 e. The van der Waals surface area contributed by atoms with Crippen molar-refractivity contribution in [3.63, 3.8) is 0 Å². The van der Waals surface area contributed by atoms with E-state index < -0.39 is 0 Å². The lowest BCUT2D eigenvalue weighted by Crippen LogP contribution is -2.28. The fourth-order valence-corrected chi connectivity index (χ4v) is 2.35. The third kappa shape index (κ3) is 2.69. The Balaban J connectivity index is 2.37. The molecule has 0 fully saturated rings. The molecule has 1 aromatic heterocycles. The zero-order chi connectivity index (χ0) is 13.0. The average Bonchev–Trinajstić information content (AvgIpc) is 2.41. The molecule has 18 heavy (non-hydrogen) atoms. The summed E-state index contributed by atoms with van der Waals surface area (Å²) in [5.41, 5.74) is 4.85. The molecule has 2 rings (SSSR count). The maximum absolute atomic E-state index is 5.63. The van der Waals surface area contributed by atoms with E-state index in [1.54, 1.807) is 19.5 Å². The molecule has 2 aromatic rings. The van der Waals surface area contributed by atoms with Crippen LogP contribution in [0.3, 0.4) is 0 Å². The van der Waals surface area contributed by atoms with Crippen LogP contribution >= 0.6 is 15.9 Å². The van der Waals surface area contributed by atoms with Crippen LogP contribution in [0.4, 0.5) is 0 Å². The van der Waals surface area contributed by atoms with Crippen LogP contribution < -0.4 is 16.0 Å². The van der Waals surface area contributed by atoms with E-state index in [1.807, 2.05) is 30.3 Å². The number of benzene rings is 1. The minimum absolute atomic E-state index is 0.0964. The zero-order valence-corrected chi connectivity index (χ0v) is 11.5. The fourth-order valence-electron chi connectivity index (χ4n) is 1.79. The van der Waals surface area contributed by atoms with E-state index in [-0.39, 0.29) is 6.04 Å². The second kappa shape index (κ2) is 5.95. The second-order valence-corrected chi connectivity index (χ2v) is 4.63. The van der Waals surface area contributed by atoms with Crippen molar-refractivity contribution in [2.45, 2.75) is 6.04 Å². The third-order valence-electron chi connectivity index (χ3n) is 2.69. The average molecular weight is 308 g/mol. The lowest BCUT2D eigenvalue weighted by atomic mass is 10.0. The summed E-state index contributed by atoms with van der Waals surface area (Å²) in [5, 5.41) is 0. The zero-order valence-electron chi connectivity index (χ0n) is 9.93. The number of pyridine rings is 1. The van der Waals surface area contributed by atoms with Crippen LogP contribution in [0.5, 0.6) is 5.75 Å². The van der Waals surface area contributed by atoms with Gasteiger partial charge in [-0.25, -0.2) is 5.43 Å². The van der Waals surface area contributed by atoms with Gasteiger partial charge in [0.1, 0.15) is 5.75 Å². The molecule has 0 aliphatic rings. The predicted octanol–water partition coefficient (Wildman–Crippen LogP) is 2.41. The van der Waals surface area contributed by atoms with Gasteiger partial charge in [0.05, 0.1) is 17.6 Å². The van der Waals surface area contributed by atoms with Gasteiger partial charge in [-0.2, -0.15) is 0 Å². The van der Waals surface area contributed by atoms with Crippen LogP contribution in [0, 0.1) is 0 Å². The Kier molecular flexibility index (Phi) is 4.30. The van der Waals surface area contributed by atoms with Crippen LogP contribution in [0.15, 0.2) is 47.2 Å². The highest BCUT2D eigenvalue weighted by atomic mass is 79.9. The molecule has 0 amide bonds. The number of hydrazine groups is 1. The van der Waals surface area contributed by atoms with E-state index in [1.165, 1.54) is 0 Å². The van der Waals surface area contributed by atoms with E-state index in [4.69, 9.17) is 10.6 Å². The van der Waals surface area contributed by atoms with E-state index >= 15 is 0 Å². The molecule has 4 nitrogen and oxygen atoms in total. The molecule has 0 saturated carbocycles. The van der Waals surface area contributed by atoms with Crippen LogP contribution in [0.25, 0.3) is 0 Å². The van der Waals surface area contributed by atoms with E-state index in [0.29, 0.717) is 0 Å². The number of rotatable bonds is 4. The molecule has 1 atom stereocenters. The molecule has 1 heterocycles. The highest BCUT2D eigenvalue weighted by Gasteiger charge is 2.13. The van der Waals surface area contributed by atoms with Gasteiger partial charge in [-0.15, -0.1) is 0 Å². The molecule has 5 heteroatoms. The van der Waals surface area contributed by atoms with Gasteiger partial charge in [0.2, 0.25) is 0 Å². The number of nitrogens with one attached hydrogen (secondary N) is 1.